The minimum Gasteiger partial charge on any atom is -0.488 e. The Kier molecular flexibility index (Phi) is 9.42. The third-order valence-electron chi connectivity index (χ3n) is 3.54. The van der Waals surface area contributed by atoms with E-state index in [2.05, 4.69) is 17.2 Å². The van der Waals surface area contributed by atoms with Crippen LogP contribution >= 0.6 is 0 Å². The number of hydrogen-bond acceptors (Lipinski definition) is 5. The number of halogens is 1. The summed E-state index contributed by atoms with van der Waals surface area (Å²) in [5.41, 5.74) is 5.39. The highest BCUT2D eigenvalue weighted by Gasteiger charge is 2.21. The van der Waals surface area contributed by atoms with Crippen LogP contribution in [0.2, 0.25) is 0 Å². The summed E-state index contributed by atoms with van der Waals surface area (Å²) in [5.74, 6) is 4.16. The average Bonchev–Trinajstić information content (AvgIpc) is 2.59. The molecule has 0 saturated carbocycles. The van der Waals surface area contributed by atoms with Gasteiger partial charge in [-0.25, -0.2) is 9.18 Å². The van der Waals surface area contributed by atoms with E-state index in [0.717, 1.165) is 5.56 Å². The molecule has 0 bridgehead atoms. The first-order valence-electron chi connectivity index (χ1n) is 9.32. The zero-order chi connectivity index (χ0) is 22.0. The number of aryl methyl sites for hydroxylation is 1. The molecular weight excluding hydrogens is 379 g/mol. The molecule has 1 unspecified atom stereocenters. The topological polar surface area (TPSA) is 111 Å². The van der Waals surface area contributed by atoms with Gasteiger partial charge in [0.1, 0.15) is 12.2 Å². The molecule has 0 aliphatic heterocycles. The Morgan fingerprint density at radius 2 is 2.03 bits per heavy atom. The van der Waals surface area contributed by atoms with Crippen LogP contribution in [0.4, 0.5) is 9.18 Å². The second-order valence-corrected chi connectivity index (χ2v) is 7.56. The van der Waals surface area contributed by atoms with Gasteiger partial charge in [0.2, 0.25) is 5.91 Å². The Bertz CT molecular complexity index is 778. The molecule has 1 atom stereocenters. The number of aliphatic hydroxyl groups excluding tert-OH is 1. The van der Waals surface area contributed by atoms with Crippen LogP contribution in [0.15, 0.2) is 12.1 Å². The van der Waals surface area contributed by atoms with Crippen molar-refractivity contribution >= 4 is 12.0 Å². The van der Waals surface area contributed by atoms with Gasteiger partial charge in [0.05, 0.1) is 18.2 Å². The van der Waals surface area contributed by atoms with Gasteiger partial charge in [-0.1, -0.05) is 11.8 Å². The van der Waals surface area contributed by atoms with E-state index in [9.17, 15) is 14.0 Å². The molecular formula is C21H29FN2O5. The van der Waals surface area contributed by atoms with Crippen LogP contribution in [0.1, 0.15) is 51.2 Å². The number of aliphatic hydroxyl groups is 1. The Morgan fingerprint density at radius 3 is 2.62 bits per heavy atom. The highest BCUT2D eigenvalue weighted by Crippen LogP contribution is 2.23. The van der Waals surface area contributed by atoms with Crippen molar-refractivity contribution in [2.45, 2.75) is 58.6 Å². The Morgan fingerprint density at radius 1 is 1.34 bits per heavy atom. The number of hydrogen-bond donors (Lipinski definition) is 3. The van der Waals surface area contributed by atoms with E-state index in [0.29, 0.717) is 0 Å². The second-order valence-electron chi connectivity index (χ2n) is 7.56. The maximum absolute atomic E-state index is 14.7. The molecule has 7 nitrogen and oxygen atoms in total. The van der Waals surface area contributed by atoms with E-state index in [-0.39, 0.29) is 43.8 Å². The zero-order valence-corrected chi connectivity index (χ0v) is 17.3. The quantitative estimate of drug-likeness (QED) is 0.572. The molecule has 0 spiro atoms. The number of benzene rings is 1. The van der Waals surface area contributed by atoms with Gasteiger partial charge >= 0.3 is 6.09 Å². The maximum atomic E-state index is 14.7. The molecule has 160 valence electrons. The number of nitrogens with one attached hydrogen (secondary N) is 1. The standard InChI is InChI=1S/C21H29FN2O5/c1-14-11-15(7-5-6-10-25)19(22)17(12-14)28-13-16(8-9-18(23)26)24-20(27)29-21(2,3)4/h11-12,16,25H,6,8-10,13H2,1-4H3,(H2,23,26)(H,24,27). The van der Waals surface area contributed by atoms with Gasteiger partial charge in [0.25, 0.3) is 0 Å². The lowest BCUT2D eigenvalue weighted by atomic mass is 10.1. The van der Waals surface area contributed by atoms with Crippen molar-refractivity contribution in [3.8, 4) is 17.6 Å². The molecule has 0 aliphatic carbocycles. The van der Waals surface area contributed by atoms with Crippen molar-refractivity contribution in [3.63, 3.8) is 0 Å². The third kappa shape index (κ3) is 9.81. The van der Waals surface area contributed by atoms with Crippen LogP contribution < -0.4 is 15.8 Å². The summed E-state index contributed by atoms with van der Waals surface area (Å²) < 4.78 is 25.4. The minimum absolute atomic E-state index is 0.0200. The van der Waals surface area contributed by atoms with E-state index in [4.69, 9.17) is 20.3 Å². The summed E-state index contributed by atoms with van der Waals surface area (Å²) in [4.78, 5) is 23.1. The lowest BCUT2D eigenvalue weighted by Crippen LogP contribution is -2.42. The molecule has 1 aromatic rings. The van der Waals surface area contributed by atoms with Gasteiger partial charge in [-0.2, -0.15) is 0 Å². The van der Waals surface area contributed by atoms with Gasteiger partial charge in [-0.05, 0) is 51.8 Å². The van der Waals surface area contributed by atoms with Gasteiger partial charge in [-0.3, -0.25) is 4.79 Å². The molecule has 0 aromatic heterocycles. The fraction of sp³-hybridized carbons (Fsp3) is 0.524. The van der Waals surface area contributed by atoms with Crippen molar-refractivity contribution in [2.24, 2.45) is 5.73 Å². The number of primary amides is 1. The Hall–Kier alpha value is -2.79. The van der Waals surface area contributed by atoms with E-state index >= 15 is 0 Å². The van der Waals surface area contributed by atoms with Crippen molar-refractivity contribution < 1.29 is 28.6 Å². The van der Waals surface area contributed by atoms with Crippen LogP contribution in [0, 0.1) is 24.6 Å². The molecule has 1 rings (SSSR count). The van der Waals surface area contributed by atoms with Crippen LogP contribution in [0.5, 0.6) is 5.75 Å². The first-order chi connectivity index (χ1) is 13.5. The van der Waals surface area contributed by atoms with Crippen LogP contribution in [0.25, 0.3) is 0 Å². The van der Waals surface area contributed by atoms with Gasteiger partial charge in [0.15, 0.2) is 11.6 Å². The van der Waals surface area contributed by atoms with E-state index in [1.807, 2.05) is 0 Å². The highest BCUT2D eigenvalue weighted by molar-refractivity contribution is 5.74. The van der Waals surface area contributed by atoms with Crippen LogP contribution in [-0.2, 0) is 9.53 Å². The van der Waals surface area contributed by atoms with Crippen LogP contribution in [0.3, 0.4) is 0 Å². The van der Waals surface area contributed by atoms with Crippen molar-refractivity contribution in [3.05, 3.63) is 29.1 Å². The second kappa shape index (κ2) is 11.3. The monoisotopic (exact) mass is 408 g/mol. The van der Waals surface area contributed by atoms with E-state index in [1.165, 1.54) is 6.07 Å². The number of nitrogens with two attached hydrogens (primary N) is 1. The average molecular weight is 408 g/mol. The molecule has 2 amide bonds. The molecule has 1 aromatic carbocycles. The maximum Gasteiger partial charge on any atom is 0.407 e. The normalized spacial score (nSPS) is 11.8. The number of carbonyl (C=O) groups is 2. The molecule has 0 saturated heterocycles. The first kappa shape index (κ1) is 24.2. The number of carbonyl (C=O) groups excluding carboxylic acids is 2. The lowest BCUT2D eigenvalue weighted by Gasteiger charge is -2.24. The minimum atomic E-state index is -0.691. The summed E-state index contributed by atoms with van der Waals surface area (Å²) in [5, 5.41) is 11.4. The van der Waals surface area contributed by atoms with Crippen molar-refractivity contribution in [1.82, 2.24) is 5.32 Å². The number of alkyl carbamates (subject to hydrolysis) is 1. The Labute approximate surface area is 170 Å². The molecule has 0 aliphatic rings. The summed E-state index contributed by atoms with van der Waals surface area (Å²) in [6.45, 7) is 6.75. The number of amides is 2. The predicted octanol–water partition coefficient (Wildman–Crippen LogP) is 2.41. The summed E-state index contributed by atoms with van der Waals surface area (Å²) >= 11 is 0. The smallest absolute Gasteiger partial charge is 0.407 e. The zero-order valence-electron chi connectivity index (χ0n) is 17.3. The molecule has 4 N–H and O–H groups in total. The van der Waals surface area contributed by atoms with Crippen molar-refractivity contribution in [1.29, 1.82) is 0 Å². The molecule has 8 heteroatoms. The number of ether oxygens (including phenoxy) is 2. The lowest BCUT2D eigenvalue weighted by molar-refractivity contribution is -0.118. The van der Waals surface area contributed by atoms with Gasteiger partial charge in [0, 0.05) is 12.8 Å². The third-order valence-corrected chi connectivity index (χ3v) is 3.54. The highest BCUT2D eigenvalue weighted by atomic mass is 19.1. The molecule has 0 fully saturated rings. The van der Waals surface area contributed by atoms with Crippen LogP contribution in [-0.4, -0.2) is 42.0 Å². The summed E-state index contributed by atoms with van der Waals surface area (Å²) in [6, 6.07) is 2.49. The molecule has 0 heterocycles. The van der Waals surface area contributed by atoms with E-state index < -0.39 is 29.5 Å². The number of rotatable bonds is 8. The van der Waals surface area contributed by atoms with Crippen molar-refractivity contribution in [2.75, 3.05) is 13.2 Å². The first-order valence-corrected chi connectivity index (χ1v) is 9.32. The fourth-order valence-corrected chi connectivity index (χ4v) is 2.32. The summed E-state index contributed by atoms with van der Waals surface area (Å²) in [6.07, 6.45) is -0.197. The van der Waals surface area contributed by atoms with Gasteiger partial charge in [-0.15, -0.1) is 0 Å². The fourth-order valence-electron chi connectivity index (χ4n) is 2.32. The SMILES string of the molecule is Cc1cc(C#CCCO)c(F)c(OCC(CCC(N)=O)NC(=O)OC(C)(C)C)c1. The largest absolute Gasteiger partial charge is 0.488 e. The van der Waals surface area contributed by atoms with Gasteiger partial charge < -0.3 is 25.6 Å². The molecule has 0 radical (unpaired) electrons. The molecule has 29 heavy (non-hydrogen) atoms. The van der Waals surface area contributed by atoms with E-state index in [1.54, 1.807) is 33.8 Å². The Balaban J connectivity index is 2.91. The summed E-state index contributed by atoms with van der Waals surface area (Å²) in [7, 11) is 0. The predicted molar refractivity (Wildman–Crippen MR) is 107 cm³/mol.